The summed E-state index contributed by atoms with van der Waals surface area (Å²) in [7, 11) is 0. The van der Waals surface area contributed by atoms with Crippen molar-refractivity contribution in [3.63, 3.8) is 0 Å². The maximum absolute atomic E-state index is 5.61. The Morgan fingerprint density at radius 3 is 2.36 bits per heavy atom. The molecule has 0 fully saturated rings. The second kappa shape index (κ2) is 6.17. The molecule has 0 atom stereocenters. The second-order valence-corrected chi connectivity index (χ2v) is 2.26. The molecule has 62 valence electrons. The molecule has 0 amide bonds. The van der Waals surface area contributed by atoms with E-state index in [1.54, 1.807) is 6.20 Å². The summed E-state index contributed by atoms with van der Waals surface area (Å²) in [4.78, 5) is 4.06. The van der Waals surface area contributed by atoms with Gasteiger partial charge in [0.05, 0.1) is 5.02 Å². The Balaban J connectivity index is 0.000000461. The lowest BCUT2D eigenvalue weighted by Crippen LogP contribution is -1.82. The van der Waals surface area contributed by atoms with Gasteiger partial charge >= 0.3 is 0 Å². The molecule has 1 aromatic rings. The van der Waals surface area contributed by atoms with Gasteiger partial charge in [0.2, 0.25) is 0 Å². The zero-order chi connectivity index (χ0) is 8.69. The van der Waals surface area contributed by atoms with E-state index >= 15 is 0 Å². The molecule has 0 aliphatic rings. The Morgan fingerprint density at radius 2 is 2.00 bits per heavy atom. The van der Waals surface area contributed by atoms with Crippen molar-refractivity contribution in [3.05, 3.63) is 29.0 Å². The Kier molecular flexibility index (Phi) is 5.86. The number of aryl methyl sites for hydroxylation is 1. The fraction of sp³-hybridized carbons (Fsp3) is 0.444. The number of pyridine rings is 1. The minimum atomic E-state index is 0.701. The molecule has 0 unspecified atom stereocenters. The van der Waals surface area contributed by atoms with E-state index in [1.165, 1.54) is 0 Å². The van der Waals surface area contributed by atoms with Gasteiger partial charge in [0, 0.05) is 11.9 Å². The minimum Gasteiger partial charge on any atom is -0.260 e. The number of rotatable bonds is 1. The predicted octanol–water partition coefficient (Wildman–Crippen LogP) is 3.32. The van der Waals surface area contributed by atoms with Gasteiger partial charge in [0.15, 0.2) is 0 Å². The molecule has 0 aliphatic heterocycles. The van der Waals surface area contributed by atoms with E-state index in [4.69, 9.17) is 11.6 Å². The Morgan fingerprint density at radius 1 is 1.36 bits per heavy atom. The molecule has 0 aliphatic carbocycles. The van der Waals surface area contributed by atoms with E-state index in [1.807, 2.05) is 26.0 Å². The monoisotopic (exact) mass is 171 g/mol. The quantitative estimate of drug-likeness (QED) is 0.632. The van der Waals surface area contributed by atoms with Gasteiger partial charge in [-0.25, -0.2) is 0 Å². The second-order valence-electron chi connectivity index (χ2n) is 1.82. The Bertz CT molecular complexity index is 181. The third-order valence-electron chi connectivity index (χ3n) is 1.15. The van der Waals surface area contributed by atoms with Gasteiger partial charge in [0.25, 0.3) is 0 Å². The maximum Gasteiger partial charge on any atom is 0.0589 e. The first-order valence-corrected chi connectivity index (χ1v) is 4.31. The first kappa shape index (κ1) is 10.4. The molecule has 1 aromatic heterocycles. The number of hydrogen-bond acceptors (Lipinski definition) is 1. The van der Waals surface area contributed by atoms with Gasteiger partial charge < -0.3 is 0 Å². The normalized spacial score (nSPS) is 8.36. The summed E-state index contributed by atoms with van der Waals surface area (Å²) in [5.74, 6) is 0. The van der Waals surface area contributed by atoms with Crippen LogP contribution in [0.5, 0.6) is 0 Å². The summed E-state index contributed by atoms with van der Waals surface area (Å²) < 4.78 is 0. The van der Waals surface area contributed by atoms with Crippen LogP contribution in [0.4, 0.5) is 0 Å². The highest BCUT2D eigenvalue weighted by Crippen LogP contribution is 2.05. The molecule has 0 bridgehead atoms. The van der Waals surface area contributed by atoms with E-state index < -0.39 is 0 Å². The molecule has 0 radical (unpaired) electrons. The van der Waals surface area contributed by atoms with Crippen LogP contribution in [0.25, 0.3) is 0 Å². The molecular weight excluding hydrogens is 158 g/mol. The van der Waals surface area contributed by atoms with Crippen molar-refractivity contribution < 1.29 is 0 Å². The number of hydrogen-bond donors (Lipinski definition) is 0. The van der Waals surface area contributed by atoms with E-state index in [0.717, 1.165) is 12.1 Å². The summed E-state index contributed by atoms with van der Waals surface area (Å²) in [5.41, 5.74) is 1.08. The first-order valence-electron chi connectivity index (χ1n) is 3.93. The average Bonchev–Trinajstić information content (AvgIpc) is 2.10. The van der Waals surface area contributed by atoms with Crippen LogP contribution >= 0.6 is 11.6 Å². The topological polar surface area (TPSA) is 12.9 Å². The van der Waals surface area contributed by atoms with Crippen molar-refractivity contribution in [1.29, 1.82) is 0 Å². The summed E-state index contributed by atoms with van der Waals surface area (Å²) >= 11 is 5.61. The van der Waals surface area contributed by atoms with Gasteiger partial charge in [0.1, 0.15) is 0 Å². The van der Waals surface area contributed by atoms with E-state index in [2.05, 4.69) is 11.9 Å². The van der Waals surface area contributed by atoms with Gasteiger partial charge in [-0.15, -0.1) is 0 Å². The summed E-state index contributed by atoms with van der Waals surface area (Å²) in [5, 5.41) is 0.701. The first-order chi connectivity index (χ1) is 5.33. The van der Waals surface area contributed by atoms with Crippen LogP contribution in [0.1, 0.15) is 26.5 Å². The number of halogens is 1. The van der Waals surface area contributed by atoms with Crippen molar-refractivity contribution in [2.24, 2.45) is 0 Å². The van der Waals surface area contributed by atoms with Crippen molar-refractivity contribution in [1.82, 2.24) is 4.98 Å². The number of nitrogens with zero attached hydrogens (tertiary/aromatic N) is 1. The van der Waals surface area contributed by atoms with Gasteiger partial charge in [-0.05, 0) is 18.6 Å². The molecule has 11 heavy (non-hydrogen) atoms. The van der Waals surface area contributed by atoms with Crippen LogP contribution in [-0.2, 0) is 6.42 Å². The molecule has 0 N–H and O–H groups in total. The van der Waals surface area contributed by atoms with E-state index in [0.29, 0.717) is 5.02 Å². The molecule has 0 saturated carbocycles. The van der Waals surface area contributed by atoms with Crippen molar-refractivity contribution in [2.45, 2.75) is 27.2 Å². The number of aromatic nitrogens is 1. The molecule has 1 heterocycles. The molecule has 0 aromatic carbocycles. The smallest absolute Gasteiger partial charge is 0.0589 e. The standard InChI is InChI=1S/C7H8ClN.C2H6/c1-2-7-4-3-6(8)5-9-7;1-2/h3-5H,2H2,1H3;1-2H3. The Hall–Kier alpha value is -0.560. The molecule has 1 rings (SSSR count). The summed E-state index contributed by atoms with van der Waals surface area (Å²) in [6.45, 7) is 6.07. The maximum atomic E-state index is 5.61. The highest BCUT2D eigenvalue weighted by atomic mass is 35.5. The van der Waals surface area contributed by atoms with E-state index in [9.17, 15) is 0 Å². The Labute approximate surface area is 73.4 Å². The zero-order valence-electron chi connectivity index (χ0n) is 7.26. The molecule has 2 heteroatoms. The zero-order valence-corrected chi connectivity index (χ0v) is 8.02. The van der Waals surface area contributed by atoms with Gasteiger partial charge in [-0.2, -0.15) is 0 Å². The van der Waals surface area contributed by atoms with Gasteiger partial charge in [-0.3, -0.25) is 4.98 Å². The van der Waals surface area contributed by atoms with Crippen molar-refractivity contribution in [3.8, 4) is 0 Å². The average molecular weight is 172 g/mol. The fourth-order valence-corrected chi connectivity index (χ4v) is 0.727. The van der Waals surface area contributed by atoms with Crippen LogP contribution in [-0.4, -0.2) is 4.98 Å². The summed E-state index contributed by atoms with van der Waals surface area (Å²) in [6, 6.07) is 3.79. The van der Waals surface area contributed by atoms with Crippen LogP contribution in [0.3, 0.4) is 0 Å². The van der Waals surface area contributed by atoms with Crippen LogP contribution in [0.15, 0.2) is 18.3 Å². The predicted molar refractivity (Wildman–Crippen MR) is 50.0 cm³/mol. The third kappa shape index (κ3) is 3.99. The SMILES string of the molecule is CC.CCc1ccc(Cl)cn1. The summed E-state index contributed by atoms with van der Waals surface area (Å²) in [6.07, 6.45) is 2.64. The van der Waals surface area contributed by atoms with Crippen molar-refractivity contribution in [2.75, 3.05) is 0 Å². The molecule has 1 nitrogen and oxygen atoms in total. The lowest BCUT2D eigenvalue weighted by molar-refractivity contribution is 1.04. The fourth-order valence-electron chi connectivity index (χ4n) is 0.616. The highest BCUT2D eigenvalue weighted by Gasteiger charge is 1.87. The minimum absolute atomic E-state index is 0.701. The van der Waals surface area contributed by atoms with Crippen LogP contribution < -0.4 is 0 Å². The van der Waals surface area contributed by atoms with Crippen LogP contribution in [0.2, 0.25) is 5.02 Å². The molecule has 0 spiro atoms. The molecular formula is C9H14ClN. The lowest BCUT2D eigenvalue weighted by Gasteiger charge is -1.92. The largest absolute Gasteiger partial charge is 0.260 e. The highest BCUT2D eigenvalue weighted by molar-refractivity contribution is 6.30. The van der Waals surface area contributed by atoms with Gasteiger partial charge in [-0.1, -0.05) is 32.4 Å². The van der Waals surface area contributed by atoms with Crippen molar-refractivity contribution >= 4 is 11.6 Å². The third-order valence-corrected chi connectivity index (χ3v) is 1.37. The van der Waals surface area contributed by atoms with Crippen LogP contribution in [0, 0.1) is 0 Å². The molecule has 0 saturated heterocycles. The lowest BCUT2D eigenvalue weighted by atomic mass is 10.3. The van der Waals surface area contributed by atoms with E-state index in [-0.39, 0.29) is 0 Å².